The third-order valence-corrected chi connectivity index (χ3v) is 14.7. The van der Waals surface area contributed by atoms with Crippen LogP contribution in [-0.2, 0) is 33.2 Å². The summed E-state index contributed by atoms with van der Waals surface area (Å²) in [5.41, 5.74) is 0. The van der Waals surface area contributed by atoms with Gasteiger partial charge in [0.05, 0.1) is 26.4 Å². The SMILES string of the molecule is CC/C=C\C/C=C\C/C=C\C/C=C\C/C=C\C/C=C\CCCCCCCCCOCC(COC1OC(COC2OC(CO)C(O)C(O)C2O)C(O)C(O)C1O)OC(=O)CCCCCCCCCCCCCCCCCCCCC. The highest BCUT2D eigenvalue weighted by molar-refractivity contribution is 5.69. The summed E-state index contributed by atoms with van der Waals surface area (Å²) in [5.74, 6) is -0.378. The highest BCUT2D eigenvalue weighted by Crippen LogP contribution is 2.27. The summed E-state index contributed by atoms with van der Waals surface area (Å²) in [4.78, 5) is 13.1. The van der Waals surface area contributed by atoms with Crippen LogP contribution in [0.3, 0.4) is 0 Å². The number of carbonyl (C=O) groups is 1. The van der Waals surface area contributed by atoms with Crippen LogP contribution >= 0.6 is 0 Å². The lowest BCUT2D eigenvalue weighted by molar-refractivity contribution is -0.332. The van der Waals surface area contributed by atoms with Gasteiger partial charge in [-0.15, -0.1) is 0 Å². The normalized spacial score (nSPS) is 24.5. The number of allylic oxidation sites excluding steroid dienone is 12. The highest BCUT2D eigenvalue weighted by atomic mass is 16.7. The molecule has 2 heterocycles. The molecule has 2 rings (SSSR count). The number of esters is 1. The number of carbonyl (C=O) groups excluding carboxylic acids is 1. The Balaban J connectivity index is 1.69. The zero-order valence-electron chi connectivity index (χ0n) is 49.3. The van der Waals surface area contributed by atoms with Crippen molar-refractivity contribution in [3.63, 3.8) is 0 Å². The molecule has 79 heavy (non-hydrogen) atoms. The summed E-state index contributed by atoms with van der Waals surface area (Å²) < 4.78 is 34.5. The fourth-order valence-electron chi connectivity index (χ4n) is 9.70. The van der Waals surface area contributed by atoms with E-state index in [-0.39, 0.29) is 25.6 Å². The third kappa shape index (κ3) is 37.3. The van der Waals surface area contributed by atoms with E-state index in [0.717, 1.165) is 89.9 Å². The maximum atomic E-state index is 13.1. The van der Waals surface area contributed by atoms with Crippen molar-refractivity contribution in [1.82, 2.24) is 0 Å². The standard InChI is InChI=1S/C65H114O14/c1-3-5-7-9-11-13-15-17-19-21-23-24-25-26-27-28-29-31-33-35-37-39-41-43-45-47-49-74-51-54(77-57(67)48-46-44-42-40-38-36-34-32-30-22-20-18-16-14-12-10-8-6-4-2)52-75-64-63(73)61(71)59(69)56(79-64)53-76-65-62(72)60(70)58(68)55(50-66)78-65/h5,7,11,13,17,19,23-24,26-27,29,31,54-56,58-66,68-73H,3-4,6,8-10,12,14-16,18,20-22,25,28,30,32-53H2,1-2H3/b7-5-,13-11-,19-17-,24-23-,27-26-,31-29-. The molecule has 2 saturated heterocycles. The Labute approximate surface area is 478 Å². The number of hydrogen-bond donors (Lipinski definition) is 7. The summed E-state index contributed by atoms with van der Waals surface area (Å²) in [6.45, 7) is 3.58. The predicted octanol–water partition coefficient (Wildman–Crippen LogP) is 12.2. The van der Waals surface area contributed by atoms with Crippen LogP contribution in [0.1, 0.15) is 232 Å². The molecule has 14 nitrogen and oxygen atoms in total. The molecule has 7 N–H and O–H groups in total. The first-order valence-corrected chi connectivity index (χ1v) is 31.5. The van der Waals surface area contributed by atoms with E-state index >= 15 is 0 Å². The molecule has 14 heteroatoms. The van der Waals surface area contributed by atoms with Crippen molar-refractivity contribution in [2.75, 3.05) is 33.0 Å². The average Bonchev–Trinajstić information content (AvgIpc) is 3.46. The molecule has 11 atom stereocenters. The second kappa shape index (κ2) is 51.1. The molecule has 0 aliphatic carbocycles. The van der Waals surface area contributed by atoms with Gasteiger partial charge in [0.1, 0.15) is 54.9 Å². The Hall–Kier alpha value is -2.57. The van der Waals surface area contributed by atoms with E-state index in [1.807, 2.05) is 0 Å². The van der Waals surface area contributed by atoms with E-state index < -0.39 is 80.7 Å². The third-order valence-electron chi connectivity index (χ3n) is 14.7. The number of unbranched alkanes of at least 4 members (excludes halogenated alkanes) is 25. The number of ether oxygens (including phenoxy) is 6. The van der Waals surface area contributed by atoms with Crippen LogP contribution in [0.15, 0.2) is 72.9 Å². The fourth-order valence-corrected chi connectivity index (χ4v) is 9.70. The molecule has 0 radical (unpaired) electrons. The van der Waals surface area contributed by atoms with E-state index in [9.17, 15) is 40.5 Å². The van der Waals surface area contributed by atoms with Crippen molar-refractivity contribution in [3.05, 3.63) is 72.9 Å². The van der Waals surface area contributed by atoms with Crippen molar-refractivity contribution in [3.8, 4) is 0 Å². The maximum absolute atomic E-state index is 13.1. The topological polar surface area (TPSA) is 214 Å². The zero-order chi connectivity index (χ0) is 57.2. The summed E-state index contributed by atoms with van der Waals surface area (Å²) in [7, 11) is 0. The van der Waals surface area contributed by atoms with Gasteiger partial charge < -0.3 is 64.2 Å². The van der Waals surface area contributed by atoms with Crippen LogP contribution < -0.4 is 0 Å². The van der Waals surface area contributed by atoms with E-state index in [0.29, 0.717) is 13.0 Å². The van der Waals surface area contributed by atoms with Gasteiger partial charge in [-0.1, -0.05) is 234 Å². The van der Waals surface area contributed by atoms with E-state index in [1.54, 1.807) is 0 Å². The summed E-state index contributed by atoms with van der Waals surface area (Å²) >= 11 is 0. The highest BCUT2D eigenvalue weighted by Gasteiger charge is 2.47. The van der Waals surface area contributed by atoms with Crippen LogP contribution in [0.25, 0.3) is 0 Å². The first-order valence-electron chi connectivity index (χ1n) is 31.5. The molecule has 0 saturated carbocycles. The van der Waals surface area contributed by atoms with Gasteiger partial charge in [-0.2, -0.15) is 0 Å². The summed E-state index contributed by atoms with van der Waals surface area (Å²) in [6, 6.07) is 0. The smallest absolute Gasteiger partial charge is 0.306 e. The molecule has 0 spiro atoms. The molecule has 2 aliphatic heterocycles. The van der Waals surface area contributed by atoms with E-state index in [2.05, 4.69) is 86.8 Å². The maximum Gasteiger partial charge on any atom is 0.306 e. The summed E-state index contributed by atoms with van der Waals surface area (Å²) in [6.07, 6.45) is 49.6. The monoisotopic (exact) mass is 1120 g/mol. The molecule has 11 unspecified atom stereocenters. The van der Waals surface area contributed by atoms with E-state index in [4.69, 9.17) is 28.4 Å². The van der Waals surface area contributed by atoms with Gasteiger partial charge >= 0.3 is 5.97 Å². The molecule has 0 aromatic rings. The Kier molecular flexibility index (Phi) is 46.9. The largest absolute Gasteiger partial charge is 0.457 e. The minimum absolute atomic E-state index is 0.0528. The van der Waals surface area contributed by atoms with E-state index in [1.165, 1.54) is 116 Å². The fraction of sp³-hybridized carbons (Fsp3) is 0.800. The lowest BCUT2D eigenvalue weighted by Gasteiger charge is -2.42. The Morgan fingerprint density at radius 1 is 0.430 bits per heavy atom. The molecular formula is C65H114O14. The summed E-state index contributed by atoms with van der Waals surface area (Å²) in [5, 5.41) is 72.5. The number of rotatable bonds is 51. The Bertz CT molecular complexity index is 1580. The molecule has 0 bridgehead atoms. The van der Waals surface area contributed by atoms with Crippen molar-refractivity contribution < 1.29 is 69.0 Å². The van der Waals surface area contributed by atoms with Gasteiger partial charge in [0.15, 0.2) is 12.6 Å². The van der Waals surface area contributed by atoms with Gasteiger partial charge in [0.2, 0.25) is 0 Å². The molecule has 458 valence electrons. The van der Waals surface area contributed by atoms with Crippen LogP contribution in [0.4, 0.5) is 0 Å². The first kappa shape index (κ1) is 72.5. The van der Waals surface area contributed by atoms with Crippen LogP contribution in [-0.4, -0.2) is 142 Å². The number of aliphatic hydroxyl groups is 7. The molecule has 2 aliphatic rings. The second-order valence-corrected chi connectivity index (χ2v) is 21.9. The Morgan fingerprint density at radius 3 is 1.29 bits per heavy atom. The molecule has 0 aromatic heterocycles. The van der Waals surface area contributed by atoms with Gasteiger partial charge in [0, 0.05) is 13.0 Å². The van der Waals surface area contributed by atoms with Crippen LogP contribution in [0.5, 0.6) is 0 Å². The van der Waals surface area contributed by atoms with Crippen LogP contribution in [0, 0.1) is 0 Å². The molecule has 2 fully saturated rings. The van der Waals surface area contributed by atoms with Gasteiger partial charge in [-0.25, -0.2) is 0 Å². The van der Waals surface area contributed by atoms with Gasteiger partial charge in [-0.3, -0.25) is 4.79 Å². The predicted molar refractivity (Wildman–Crippen MR) is 316 cm³/mol. The molecular weight excluding hydrogens is 1000 g/mol. The number of aliphatic hydroxyl groups excluding tert-OH is 7. The van der Waals surface area contributed by atoms with Gasteiger partial charge in [-0.05, 0) is 64.2 Å². The molecule has 0 aromatic carbocycles. The minimum atomic E-state index is -1.71. The minimum Gasteiger partial charge on any atom is -0.457 e. The van der Waals surface area contributed by atoms with Gasteiger partial charge in [0.25, 0.3) is 0 Å². The Morgan fingerprint density at radius 2 is 0.823 bits per heavy atom. The van der Waals surface area contributed by atoms with Crippen molar-refractivity contribution in [1.29, 1.82) is 0 Å². The van der Waals surface area contributed by atoms with Crippen molar-refractivity contribution >= 4 is 5.97 Å². The number of hydrogen-bond acceptors (Lipinski definition) is 14. The second-order valence-electron chi connectivity index (χ2n) is 21.9. The zero-order valence-corrected chi connectivity index (χ0v) is 49.3. The quantitative estimate of drug-likeness (QED) is 0.0172. The lowest BCUT2D eigenvalue weighted by atomic mass is 9.98. The lowest BCUT2D eigenvalue weighted by Crippen LogP contribution is -2.61. The van der Waals surface area contributed by atoms with Crippen molar-refractivity contribution in [2.24, 2.45) is 0 Å². The van der Waals surface area contributed by atoms with Crippen LogP contribution in [0.2, 0.25) is 0 Å². The first-order chi connectivity index (χ1) is 38.6. The van der Waals surface area contributed by atoms with Crippen molar-refractivity contribution in [2.45, 2.75) is 300 Å². The average molecular weight is 1120 g/mol. The molecule has 0 amide bonds.